The van der Waals surface area contributed by atoms with E-state index < -0.39 is 22.4 Å². The second-order valence-corrected chi connectivity index (χ2v) is 9.64. The van der Waals surface area contributed by atoms with Gasteiger partial charge in [-0.3, -0.25) is 15.0 Å². The van der Waals surface area contributed by atoms with Gasteiger partial charge in [-0.15, -0.1) is 0 Å². The van der Waals surface area contributed by atoms with E-state index in [-0.39, 0.29) is 17.8 Å². The molecule has 4 rings (SSSR count). The fraction of sp³-hybridized carbons (Fsp3) is 0.538. The van der Waals surface area contributed by atoms with Crippen LogP contribution in [0.3, 0.4) is 0 Å². The van der Waals surface area contributed by atoms with E-state index in [4.69, 9.17) is 4.74 Å². The summed E-state index contributed by atoms with van der Waals surface area (Å²) in [5.41, 5.74) is 0.629. The number of hydrogen-bond donors (Lipinski definition) is 1. The number of benzene rings is 2. The Labute approximate surface area is 209 Å². The van der Waals surface area contributed by atoms with Crippen LogP contribution in [0, 0.1) is 17.0 Å². The summed E-state index contributed by atoms with van der Waals surface area (Å²) in [6, 6.07) is 11.7. The first-order valence-electron chi connectivity index (χ1n) is 12.5. The highest BCUT2D eigenvalue weighted by Crippen LogP contribution is 2.38. The second kappa shape index (κ2) is 11.5. The molecule has 2 aromatic carbocycles. The van der Waals surface area contributed by atoms with Crippen LogP contribution in [0.1, 0.15) is 36.8 Å². The molecule has 2 aromatic rings. The van der Waals surface area contributed by atoms with Crippen molar-refractivity contribution >= 4 is 17.1 Å². The predicted molar refractivity (Wildman–Crippen MR) is 134 cm³/mol. The molecule has 1 aliphatic heterocycles. The maximum Gasteiger partial charge on any atom is 0.423 e. The number of piperazine rings is 1. The number of ether oxygens (including phenoxy) is 1. The van der Waals surface area contributed by atoms with E-state index in [2.05, 4.69) is 46.3 Å². The second-order valence-electron chi connectivity index (χ2n) is 9.64. The lowest BCUT2D eigenvalue weighted by molar-refractivity contribution is -0.388. The van der Waals surface area contributed by atoms with Gasteiger partial charge in [-0.2, -0.15) is 13.2 Å². The molecular weight excluding hydrogens is 473 g/mol. The summed E-state index contributed by atoms with van der Waals surface area (Å²) >= 11 is 0. The zero-order valence-electron chi connectivity index (χ0n) is 20.5. The highest BCUT2D eigenvalue weighted by Gasteiger charge is 2.38. The molecule has 36 heavy (non-hydrogen) atoms. The van der Waals surface area contributed by atoms with Crippen molar-refractivity contribution < 1.29 is 22.8 Å². The minimum atomic E-state index is -4.78. The molecule has 2 aliphatic rings. The Morgan fingerprint density at radius 1 is 1.03 bits per heavy atom. The van der Waals surface area contributed by atoms with Crippen molar-refractivity contribution in [2.75, 3.05) is 49.5 Å². The Balaban J connectivity index is 1.16. The Hall–Kier alpha value is -2.85. The molecule has 1 N–H and O–H groups in total. The molecule has 10 heteroatoms. The van der Waals surface area contributed by atoms with E-state index >= 15 is 0 Å². The van der Waals surface area contributed by atoms with Gasteiger partial charge in [0.25, 0.3) is 5.69 Å². The molecule has 0 aromatic heterocycles. The molecule has 2 fully saturated rings. The van der Waals surface area contributed by atoms with Crippen LogP contribution in [0.15, 0.2) is 42.5 Å². The summed E-state index contributed by atoms with van der Waals surface area (Å²) in [7, 11) is 0. The first-order valence-corrected chi connectivity index (χ1v) is 12.5. The molecule has 0 unspecified atom stereocenters. The lowest BCUT2D eigenvalue weighted by Crippen LogP contribution is -2.47. The van der Waals surface area contributed by atoms with Crippen LogP contribution in [0.5, 0.6) is 0 Å². The first kappa shape index (κ1) is 26.2. The molecule has 1 aliphatic carbocycles. The molecule has 7 nitrogen and oxygen atoms in total. The van der Waals surface area contributed by atoms with Crippen LogP contribution in [-0.4, -0.2) is 61.3 Å². The third kappa shape index (κ3) is 6.88. The van der Waals surface area contributed by atoms with Crippen LogP contribution < -0.4 is 10.2 Å². The standard InChI is InChI=1S/C26H33F3N4O3/c1-19-2-7-22(8-3-19)32-14-12-31(13-15-32)16-17-36-23-9-4-20(5-10-23)30-21-6-11-25(33(34)35)24(18-21)26(27,28)29/h2-3,6-8,11,18,20,23,30H,4-5,9-10,12-17H2,1H3. The van der Waals surface area contributed by atoms with Crippen molar-refractivity contribution in [3.63, 3.8) is 0 Å². The number of aryl methyl sites for hydroxylation is 1. The highest BCUT2D eigenvalue weighted by atomic mass is 19.4. The molecular formula is C26H33F3N4O3. The number of anilines is 2. The molecule has 196 valence electrons. The molecule has 1 saturated heterocycles. The molecule has 0 amide bonds. The van der Waals surface area contributed by atoms with Crippen LogP contribution in [-0.2, 0) is 10.9 Å². The van der Waals surface area contributed by atoms with Crippen molar-refractivity contribution in [3.8, 4) is 0 Å². The van der Waals surface area contributed by atoms with Gasteiger partial charge in [-0.1, -0.05) is 17.7 Å². The molecule has 1 saturated carbocycles. The van der Waals surface area contributed by atoms with E-state index in [0.717, 1.165) is 70.5 Å². The topological polar surface area (TPSA) is 70.9 Å². The van der Waals surface area contributed by atoms with E-state index in [9.17, 15) is 23.3 Å². The number of nitro benzene ring substituents is 1. The van der Waals surface area contributed by atoms with Crippen molar-refractivity contribution in [3.05, 3.63) is 63.7 Å². The minimum Gasteiger partial charge on any atom is -0.382 e. The summed E-state index contributed by atoms with van der Waals surface area (Å²) < 4.78 is 45.8. The van der Waals surface area contributed by atoms with Gasteiger partial charge in [-0.05, 0) is 56.9 Å². The highest BCUT2D eigenvalue weighted by molar-refractivity contribution is 5.55. The number of hydrogen-bond acceptors (Lipinski definition) is 6. The molecule has 0 radical (unpaired) electrons. The van der Waals surface area contributed by atoms with Gasteiger partial charge >= 0.3 is 6.18 Å². The monoisotopic (exact) mass is 506 g/mol. The number of rotatable bonds is 8. The van der Waals surface area contributed by atoms with E-state index in [1.807, 2.05) is 0 Å². The van der Waals surface area contributed by atoms with Gasteiger partial charge < -0.3 is 15.0 Å². The van der Waals surface area contributed by atoms with Gasteiger partial charge in [-0.25, -0.2) is 0 Å². The predicted octanol–water partition coefficient (Wildman–Crippen LogP) is 5.48. The summed E-state index contributed by atoms with van der Waals surface area (Å²) in [5, 5.41) is 14.1. The average molecular weight is 507 g/mol. The van der Waals surface area contributed by atoms with Crippen molar-refractivity contribution in [2.24, 2.45) is 0 Å². The van der Waals surface area contributed by atoms with Gasteiger partial charge in [0.2, 0.25) is 0 Å². The Morgan fingerprint density at radius 3 is 2.31 bits per heavy atom. The van der Waals surface area contributed by atoms with Crippen molar-refractivity contribution in [1.82, 2.24) is 4.90 Å². The number of alkyl halides is 3. The van der Waals surface area contributed by atoms with E-state index in [0.29, 0.717) is 6.61 Å². The smallest absolute Gasteiger partial charge is 0.382 e. The number of nitro groups is 1. The van der Waals surface area contributed by atoms with Gasteiger partial charge in [0, 0.05) is 56.2 Å². The molecule has 1 heterocycles. The summed E-state index contributed by atoms with van der Waals surface area (Å²) in [5.74, 6) is 0. The molecule has 0 spiro atoms. The minimum absolute atomic E-state index is 0.0160. The lowest BCUT2D eigenvalue weighted by atomic mass is 9.92. The third-order valence-corrected chi connectivity index (χ3v) is 7.08. The Bertz CT molecular complexity index is 1020. The number of nitrogens with zero attached hydrogens (tertiary/aromatic N) is 3. The van der Waals surface area contributed by atoms with E-state index in [1.165, 1.54) is 17.3 Å². The van der Waals surface area contributed by atoms with Crippen LogP contribution in [0.25, 0.3) is 0 Å². The summed E-state index contributed by atoms with van der Waals surface area (Å²) in [4.78, 5) is 14.8. The molecule has 0 atom stereocenters. The van der Waals surface area contributed by atoms with Crippen LogP contribution in [0.4, 0.5) is 30.2 Å². The summed E-state index contributed by atoms with van der Waals surface area (Å²) in [6.45, 7) is 7.66. The van der Waals surface area contributed by atoms with E-state index in [1.54, 1.807) is 0 Å². The average Bonchev–Trinajstić information content (AvgIpc) is 2.85. The van der Waals surface area contributed by atoms with Crippen molar-refractivity contribution in [2.45, 2.75) is 50.9 Å². The maximum atomic E-state index is 13.2. The summed E-state index contributed by atoms with van der Waals surface area (Å²) in [6.07, 6.45) is -1.41. The fourth-order valence-corrected chi connectivity index (χ4v) is 4.96. The number of halogens is 3. The van der Waals surface area contributed by atoms with Gasteiger partial charge in [0.1, 0.15) is 5.56 Å². The van der Waals surface area contributed by atoms with Gasteiger partial charge in [0.15, 0.2) is 0 Å². The van der Waals surface area contributed by atoms with Crippen LogP contribution >= 0.6 is 0 Å². The SMILES string of the molecule is Cc1ccc(N2CCN(CCOC3CCC(Nc4ccc([N+](=O)[O-])c(C(F)(F)F)c4)CC3)CC2)cc1. The maximum absolute atomic E-state index is 13.2. The fourth-order valence-electron chi connectivity index (χ4n) is 4.96. The van der Waals surface area contributed by atoms with Crippen molar-refractivity contribution in [1.29, 1.82) is 0 Å². The first-order chi connectivity index (χ1) is 17.2. The van der Waals surface area contributed by atoms with Gasteiger partial charge in [0.05, 0.1) is 17.6 Å². The molecule has 0 bridgehead atoms. The quantitative estimate of drug-likeness (QED) is 0.378. The number of nitrogens with one attached hydrogen (secondary N) is 1. The normalized spacial score (nSPS) is 21.4. The zero-order chi connectivity index (χ0) is 25.7. The Morgan fingerprint density at radius 2 is 1.69 bits per heavy atom. The Kier molecular flexibility index (Phi) is 8.35. The zero-order valence-corrected chi connectivity index (χ0v) is 20.5. The largest absolute Gasteiger partial charge is 0.423 e. The van der Waals surface area contributed by atoms with Crippen LogP contribution in [0.2, 0.25) is 0 Å². The third-order valence-electron chi connectivity index (χ3n) is 7.08. The lowest BCUT2D eigenvalue weighted by Gasteiger charge is -2.36.